The third-order valence-corrected chi connectivity index (χ3v) is 5.06. The first-order valence-corrected chi connectivity index (χ1v) is 10.5. The highest BCUT2D eigenvalue weighted by Gasteiger charge is 2.39. The van der Waals surface area contributed by atoms with Crippen LogP contribution >= 0.6 is 0 Å². The van der Waals surface area contributed by atoms with Crippen LogP contribution in [0.2, 0.25) is 0 Å². The number of benzene rings is 2. The number of amides is 2. The molecule has 2 atom stereocenters. The van der Waals surface area contributed by atoms with E-state index in [0.717, 1.165) is 11.1 Å². The molecule has 0 aromatic heterocycles. The second-order valence-corrected chi connectivity index (χ2v) is 8.93. The van der Waals surface area contributed by atoms with E-state index in [1.807, 2.05) is 63.2 Å². The maximum absolute atomic E-state index is 13.0. The van der Waals surface area contributed by atoms with Gasteiger partial charge in [0, 0.05) is 5.92 Å². The second kappa shape index (κ2) is 9.33. The molecule has 0 spiro atoms. The van der Waals surface area contributed by atoms with E-state index in [1.54, 1.807) is 19.1 Å². The molecule has 3 rings (SSSR count). The van der Waals surface area contributed by atoms with Gasteiger partial charge in [0.2, 0.25) is 5.91 Å². The lowest BCUT2D eigenvalue weighted by molar-refractivity contribution is -0.132. The highest BCUT2D eigenvalue weighted by molar-refractivity contribution is 5.95. The van der Waals surface area contributed by atoms with Crippen molar-refractivity contribution in [2.24, 2.45) is 5.92 Å². The second-order valence-electron chi connectivity index (χ2n) is 8.93. The molecule has 0 N–H and O–H groups in total. The largest absolute Gasteiger partial charge is 0.456 e. The van der Waals surface area contributed by atoms with Crippen molar-refractivity contribution in [3.8, 4) is 0 Å². The van der Waals surface area contributed by atoms with Crippen molar-refractivity contribution in [3.05, 3.63) is 71.3 Å². The lowest BCUT2D eigenvalue weighted by atomic mass is 9.97. The lowest BCUT2D eigenvalue weighted by Gasteiger charge is -2.23. The summed E-state index contributed by atoms with van der Waals surface area (Å²) in [5.74, 6) is -1.04. The summed E-state index contributed by atoms with van der Waals surface area (Å²) >= 11 is 0. The average Bonchev–Trinajstić information content (AvgIpc) is 3.07. The molecule has 164 valence electrons. The van der Waals surface area contributed by atoms with Crippen LogP contribution in [-0.2, 0) is 27.1 Å². The number of cyclic esters (lactones) is 1. The van der Waals surface area contributed by atoms with Crippen LogP contribution in [0.25, 0.3) is 0 Å². The number of esters is 1. The van der Waals surface area contributed by atoms with Gasteiger partial charge in [-0.25, -0.2) is 14.5 Å². The summed E-state index contributed by atoms with van der Waals surface area (Å²) < 4.78 is 10.5. The minimum atomic E-state index is -0.585. The van der Waals surface area contributed by atoms with E-state index in [2.05, 4.69) is 0 Å². The SMILES string of the molecule is C[C@@H](Cc1ccc(C(=O)OC(C)(C)C)cc1)C(=O)N1C(=O)OCC1Cc1ccccc1. The normalized spacial score (nSPS) is 17.2. The van der Waals surface area contributed by atoms with Crippen molar-refractivity contribution in [2.45, 2.75) is 52.2 Å². The number of carbonyl (C=O) groups excluding carboxylic acids is 3. The maximum Gasteiger partial charge on any atom is 0.416 e. The van der Waals surface area contributed by atoms with Gasteiger partial charge in [-0.05, 0) is 56.9 Å². The van der Waals surface area contributed by atoms with Crippen LogP contribution in [0.5, 0.6) is 0 Å². The standard InChI is InChI=1S/C25H29NO5/c1-17(14-19-10-12-20(13-11-19)23(28)31-25(2,3)4)22(27)26-21(16-30-24(26)29)15-18-8-6-5-7-9-18/h5-13,17,21H,14-16H2,1-4H3/t17-,21?/m0/s1. The Bertz CT molecular complexity index is 931. The maximum atomic E-state index is 13.0. The fourth-order valence-corrected chi connectivity index (χ4v) is 3.56. The van der Waals surface area contributed by atoms with Crippen LogP contribution in [0.4, 0.5) is 4.79 Å². The van der Waals surface area contributed by atoms with Gasteiger partial charge < -0.3 is 9.47 Å². The molecule has 1 fully saturated rings. The predicted molar refractivity (Wildman–Crippen MR) is 117 cm³/mol. The zero-order valence-corrected chi connectivity index (χ0v) is 18.5. The van der Waals surface area contributed by atoms with Gasteiger partial charge in [0.15, 0.2) is 0 Å². The van der Waals surface area contributed by atoms with Gasteiger partial charge in [-0.1, -0.05) is 49.4 Å². The average molecular weight is 424 g/mol. The molecule has 1 aliphatic rings. The Kier molecular flexibility index (Phi) is 6.78. The number of rotatable bonds is 6. The van der Waals surface area contributed by atoms with Crippen molar-refractivity contribution in [2.75, 3.05) is 6.61 Å². The summed E-state index contributed by atoms with van der Waals surface area (Å²) in [6.07, 6.45) is 0.434. The Morgan fingerprint density at radius 2 is 1.71 bits per heavy atom. The molecule has 1 unspecified atom stereocenters. The highest BCUT2D eigenvalue weighted by Crippen LogP contribution is 2.22. The first-order valence-electron chi connectivity index (χ1n) is 10.5. The molecule has 2 aromatic rings. The third-order valence-electron chi connectivity index (χ3n) is 5.06. The molecule has 6 nitrogen and oxygen atoms in total. The molecule has 0 aliphatic carbocycles. The van der Waals surface area contributed by atoms with Crippen LogP contribution in [-0.4, -0.2) is 41.1 Å². The smallest absolute Gasteiger partial charge is 0.416 e. The molecular weight excluding hydrogens is 394 g/mol. The molecule has 0 saturated carbocycles. The number of ether oxygens (including phenoxy) is 2. The Hall–Kier alpha value is -3.15. The Balaban J connectivity index is 1.64. The topological polar surface area (TPSA) is 72.9 Å². The van der Waals surface area contributed by atoms with Gasteiger partial charge in [-0.15, -0.1) is 0 Å². The number of carbonyl (C=O) groups is 3. The molecule has 1 saturated heterocycles. The fourth-order valence-electron chi connectivity index (χ4n) is 3.56. The van der Waals surface area contributed by atoms with E-state index in [0.29, 0.717) is 18.4 Å². The third kappa shape index (κ3) is 5.94. The van der Waals surface area contributed by atoms with Crippen molar-refractivity contribution in [1.82, 2.24) is 4.90 Å². The zero-order chi connectivity index (χ0) is 22.6. The summed E-state index contributed by atoms with van der Waals surface area (Å²) in [5.41, 5.74) is 1.86. The van der Waals surface area contributed by atoms with Crippen LogP contribution in [0, 0.1) is 5.92 Å². The van der Waals surface area contributed by atoms with Gasteiger partial charge in [0.05, 0.1) is 11.6 Å². The minimum absolute atomic E-state index is 0.205. The number of hydrogen-bond acceptors (Lipinski definition) is 5. The molecule has 2 amide bonds. The van der Waals surface area contributed by atoms with Crippen molar-refractivity contribution >= 4 is 18.0 Å². The molecular formula is C25H29NO5. The van der Waals surface area contributed by atoms with Gasteiger partial charge in [0.25, 0.3) is 0 Å². The fraction of sp³-hybridized carbons (Fsp3) is 0.400. The molecule has 6 heteroatoms. The predicted octanol–water partition coefficient (Wildman–Crippen LogP) is 4.41. The first kappa shape index (κ1) is 22.5. The van der Waals surface area contributed by atoms with E-state index < -0.39 is 17.6 Å². The quantitative estimate of drug-likeness (QED) is 0.644. The number of nitrogens with zero attached hydrogens (tertiary/aromatic N) is 1. The van der Waals surface area contributed by atoms with E-state index in [-0.39, 0.29) is 24.5 Å². The van der Waals surface area contributed by atoms with Gasteiger partial charge >= 0.3 is 12.1 Å². The van der Waals surface area contributed by atoms with Crippen molar-refractivity contribution in [3.63, 3.8) is 0 Å². The Morgan fingerprint density at radius 3 is 2.32 bits per heavy atom. The van der Waals surface area contributed by atoms with E-state index in [9.17, 15) is 14.4 Å². The summed E-state index contributed by atoms with van der Waals surface area (Å²) in [4.78, 5) is 38.7. The molecule has 31 heavy (non-hydrogen) atoms. The van der Waals surface area contributed by atoms with Crippen LogP contribution < -0.4 is 0 Å². The first-order chi connectivity index (χ1) is 14.6. The Morgan fingerprint density at radius 1 is 1.06 bits per heavy atom. The summed E-state index contributed by atoms with van der Waals surface area (Å²) in [6, 6.07) is 16.5. The molecule has 0 radical (unpaired) electrons. The van der Waals surface area contributed by atoms with Crippen LogP contribution in [0.1, 0.15) is 49.2 Å². The van der Waals surface area contributed by atoms with E-state index >= 15 is 0 Å². The molecule has 1 heterocycles. The van der Waals surface area contributed by atoms with Crippen LogP contribution in [0.3, 0.4) is 0 Å². The number of imide groups is 1. The monoisotopic (exact) mass is 423 g/mol. The van der Waals surface area contributed by atoms with Gasteiger partial charge in [-0.2, -0.15) is 0 Å². The molecule has 0 bridgehead atoms. The van der Waals surface area contributed by atoms with Crippen molar-refractivity contribution < 1.29 is 23.9 Å². The van der Waals surface area contributed by atoms with Gasteiger partial charge in [-0.3, -0.25) is 4.79 Å². The molecule has 1 aliphatic heterocycles. The summed E-state index contributed by atoms with van der Waals surface area (Å²) in [6.45, 7) is 7.47. The number of hydrogen-bond donors (Lipinski definition) is 0. The molecule has 2 aromatic carbocycles. The van der Waals surface area contributed by atoms with Crippen molar-refractivity contribution in [1.29, 1.82) is 0 Å². The van der Waals surface area contributed by atoms with Gasteiger partial charge in [0.1, 0.15) is 12.2 Å². The van der Waals surface area contributed by atoms with E-state index in [4.69, 9.17) is 9.47 Å². The van der Waals surface area contributed by atoms with E-state index in [1.165, 1.54) is 4.90 Å². The minimum Gasteiger partial charge on any atom is -0.456 e. The Labute approximate surface area is 183 Å². The zero-order valence-electron chi connectivity index (χ0n) is 18.5. The van der Waals surface area contributed by atoms with Crippen LogP contribution in [0.15, 0.2) is 54.6 Å². The summed E-state index contributed by atoms with van der Waals surface area (Å²) in [7, 11) is 0. The highest BCUT2D eigenvalue weighted by atomic mass is 16.6. The lowest BCUT2D eigenvalue weighted by Crippen LogP contribution is -2.43. The summed E-state index contributed by atoms with van der Waals surface area (Å²) in [5, 5.41) is 0.